The predicted molar refractivity (Wildman–Crippen MR) is 120 cm³/mol. The van der Waals surface area contributed by atoms with Gasteiger partial charge in [-0.15, -0.1) is 0 Å². The van der Waals surface area contributed by atoms with Gasteiger partial charge >= 0.3 is 17.1 Å². The molecule has 0 atom stereocenters. The third kappa shape index (κ3) is 8.23. The second kappa shape index (κ2) is 14.2. The number of halogens is 2. The third-order valence-electron chi connectivity index (χ3n) is 4.79. The molecule has 2 aromatic carbocycles. The summed E-state index contributed by atoms with van der Waals surface area (Å²) in [5, 5.41) is 0. The molecule has 0 bridgehead atoms. The van der Waals surface area contributed by atoms with Gasteiger partial charge in [0.15, 0.2) is 0 Å². The van der Waals surface area contributed by atoms with Crippen LogP contribution >= 0.6 is 0 Å². The van der Waals surface area contributed by atoms with Crippen molar-refractivity contribution in [3.8, 4) is 0 Å². The van der Waals surface area contributed by atoms with Gasteiger partial charge in [0, 0.05) is 36.7 Å². The molecule has 0 amide bonds. The van der Waals surface area contributed by atoms with Gasteiger partial charge in [0.1, 0.15) is 0 Å². The van der Waals surface area contributed by atoms with Crippen molar-refractivity contribution in [3.05, 3.63) is 88.2 Å². The second-order valence-electron chi connectivity index (χ2n) is 7.13. The van der Waals surface area contributed by atoms with E-state index >= 15 is 0 Å². The quantitative estimate of drug-likeness (QED) is 0.356. The zero-order valence-corrected chi connectivity index (χ0v) is 20.8. The van der Waals surface area contributed by atoms with Gasteiger partial charge in [-0.3, -0.25) is 15.0 Å². The molecule has 0 N–H and O–H groups in total. The van der Waals surface area contributed by atoms with E-state index in [9.17, 15) is 0 Å². The molecule has 164 valence electrons. The Labute approximate surface area is 208 Å². The number of rotatable bonds is 6. The maximum atomic E-state index is 4.74. The molecule has 0 aliphatic rings. The minimum Gasteiger partial charge on any atom is -1.00 e. The van der Waals surface area contributed by atoms with Crippen molar-refractivity contribution in [2.24, 2.45) is 9.98 Å². The topological polar surface area (TPSA) is 37.6 Å². The molecule has 0 unspecified atom stereocenters. The fraction of sp³-hybridized carbons (Fsp3) is 0.240. The van der Waals surface area contributed by atoms with Gasteiger partial charge < -0.3 is 24.8 Å². The molecule has 31 heavy (non-hydrogen) atoms. The summed E-state index contributed by atoms with van der Waals surface area (Å²) in [5.41, 5.74) is 8.93. The van der Waals surface area contributed by atoms with Crippen LogP contribution in [0.3, 0.4) is 0 Å². The summed E-state index contributed by atoms with van der Waals surface area (Å²) in [6.45, 7) is 8.37. The molecule has 0 aliphatic heterocycles. The molecule has 0 saturated heterocycles. The Hall–Kier alpha value is -1.97. The van der Waals surface area contributed by atoms with Gasteiger partial charge in [0.2, 0.25) is 0 Å². The van der Waals surface area contributed by atoms with E-state index in [2.05, 4.69) is 80.1 Å². The predicted octanol–water partition coefficient (Wildman–Crippen LogP) is 0.211. The van der Waals surface area contributed by atoms with Gasteiger partial charge in [-0.05, 0) is 62.1 Å². The third-order valence-corrected chi connectivity index (χ3v) is 4.79. The monoisotopic (exact) mass is 495 g/mol. The Bertz CT molecular complexity index is 914. The van der Waals surface area contributed by atoms with Crippen LogP contribution in [0.25, 0.3) is 0 Å². The minimum absolute atomic E-state index is 0. The summed E-state index contributed by atoms with van der Waals surface area (Å²) in [7, 11) is 0. The van der Waals surface area contributed by atoms with Crippen LogP contribution in [0, 0.1) is 27.7 Å². The number of aryl methyl sites for hydroxylation is 4. The smallest absolute Gasteiger partial charge is 1.00 e. The maximum Gasteiger partial charge on any atom is 2.00 e. The SMILES string of the molecule is Cc1cccc(C)c1N=CCc1cccc(CC=Nc2c(C)cccc2C)n1.[Cl-].[Cl-].[Fe+2]. The van der Waals surface area contributed by atoms with E-state index in [0.717, 1.165) is 35.6 Å². The van der Waals surface area contributed by atoms with E-state index in [4.69, 9.17) is 4.98 Å². The van der Waals surface area contributed by atoms with Crippen molar-refractivity contribution in [1.29, 1.82) is 0 Å². The van der Waals surface area contributed by atoms with Crippen LogP contribution in [0.5, 0.6) is 0 Å². The zero-order chi connectivity index (χ0) is 19.9. The van der Waals surface area contributed by atoms with Gasteiger partial charge in [0.05, 0.1) is 11.4 Å². The molecule has 3 nitrogen and oxygen atoms in total. The van der Waals surface area contributed by atoms with Crippen LogP contribution in [0.4, 0.5) is 11.4 Å². The van der Waals surface area contributed by atoms with E-state index in [-0.39, 0.29) is 41.9 Å². The van der Waals surface area contributed by atoms with Gasteiger partial charge in [-0.1, -0.05) is 42.5 Å². The number of para-hydroxylation sites is 2. The number of aromatic nitrogens is 1. The number of hydrogen-bond acceptors (Lipinski definition) is 3. The minimum atomic E-state index is 0. The number of benzene rings is 2. The Morgan fingerprint density at radius 3 is 1.29 bits per heavy atom. The Kier molecular flexibility index (Phi) is 13.3. The van der Waals surface area contributed by atoms with E-state index in [1.54, 1.807) is 0 Å². The van der Waals surface area contributed by atoms with Crippen molar-refractivity contribution in [3.63, 3.8) is 0 Å². The maximum absolute atomic E-state index is 4.74. The van der Waals surface area contributed by atoms with Crippen molar-refractivity contribution >= 4 is 23.8 Å². The molecular weight excluding hydrogens is 469 g/mol. The van der Waals surface area contributed by atoms with Crippen LogP contribution in [0.15, 0.2) is 64.6 Å². The van der Waals surface area contributed by atoms with Gasteiger partial charge in [-0.2, -0.15) is 0 Å². The summed E-state index contributed by atoms with van der Waals surface area (Å²) in [6.07, 6.45) is 5.34. The largest absolute Gasteiger partial charge is 2.00 e. The Morgan fingerprint density at radius 2 is 0.935 bits per heavy atom. The number of pyridine rings is 1. The first-order chi connectivity index (χ1) is 13.5. The van der Waals surface area contributed by atoms with E-state index in [0.29, 0.717) is 0 Å². The normalized spacial score (nSPS) is 10.5. The molecule has 6 heteroatoms. The van der Waals surface area contributed by atoms with Crippen molar-refractivity contribution in [1.82, 2.24) is 4.98 Å². The van der Waals surface area contributed by atoms with Gasteiger partial charge in [-0.25, -0.2) is 0 Å². The number of nitrogens with zero attached hydrogens (tertiary/aromatic N) is 3. The second-order valence-corrected chi connectivity index (χ2v) is 7.13. The Morgan fingerprint density at radius 1 is 0.613 bits per heavy atom. The van der Waals surface area contributed by atoms with Crippen molar-refractivity contribution in [2.75, 3.05) is 0 Å². The molecule has 1 aromatic heterocycles. The number of aliphatic imine (C=N–C) groups is 2. The van der Waals surface area contributed by atoms with Gasteiger partial charge in [0.25, 0.3) is 0 Å². The first-order valence-corrected chi connectivity index (χ1v) is 9.67. The zero-order valence-electron chi connectivity index (χ0n) is 18.2. The molecular formula is C25H27Cl2FeN3. The molecule has 3 rings (SSSR count). The first-order valence-electron chi connectivity index (χ1n) is 9.67. The van der Waals surface area contributed by atoms with Crippen LogP contribution < -0.4 is 24.8 Å². The molecule has 0 aliphatic carbocycles. The molecule has 0 spiro atoms. The molecule has 1 heterocycles. The van der Waals surface area contributed by atoms with E-state index in [1.807, 2.05) is 24.6 Å². The summed E-state index contributed by atoms with van der Waals surface area (Å²) in [6, 6.07) is 18.6. The summed E-state index contributed by atoms with van der Waals surface area (Å²) in [4.78, 5) is 14.1. The fourth-order valence-corrected chi connectivity index (χ4v) is 3.24. The molecule has 0 radical (unpaired) electrons. The van der Waals surface area contributed by atoms with Crippen LogP contribution in [-0.4, -0.2) is 17.4 Å². The van der Waals surface area contributed by atoms with Crippen molar-refractivity contribution in [2.45, 2.75) is 40.5 Å². The molecule has 3 aromatic rings. The summed E-state index contributed by atoms with van der Waals surface area (Å²) in [5.74, 6) is 0. The fourth-order valence-electron chi connectivity index (χ4n) is 3.24. The standard InChI is InChI=1S/C25H27N3.2ClH.Fe/c1-18-8-5-9-19(2)24(18)26-16-14-22-12-7-13-23(28-22)15-17-27-25-20(3)10-6-11-21(25)4;;;/h5-13,16-17H,14-15H2,1-4H3;2*1H;/q;;;+2/p-2. The summed E-state index contributed by atoms with van der Waals surface area (Å²) < 4.78 is 0. The first kappa shape index (κ1) is 29.0. The van der Waals surface area contributed by atoms with Crippen molar-refractivity contribution < 1.29 is 41.9 Å². The van der Waals surface area contributed by atoms with E-state index < -0.39 is 0 Å². The van der Waals surface area contributed by atoms with E-state index in [1.165, 1.54) is 22.3 Å². The molecule has 0 fully saturated rings. The molecule has 0 saturated carbocycles. The van der Waals surface area contributed by atoms with Crippen LogP contribution in [-0.2, 0) is 29.9 Å². The summed E-state index contributed by atoms with van der Waals surface area (Å²) >= 11 is 0. The average Bonchev–Trinajstić information content (AvgIpc) is 2.67. The average molecular weight is 496 g/mol. The number of hydrogen-bond donors (Lipinski definition) is 0. The van der Waals surface area contributed by atoms with Crippen LogP contribution in [0.1, 0.15) is 33.6 Å². The van der Waals surface area contributed by atoms with Crippen LogP contribution in [0.2, 0.25) is 0 Å². The Balaban J connectivity index is 0.00000300.